The third kappa shape index (κ3) is 4.56. The van der Waals surface area contributed by atoms with Crippen molar-refractivity contribution in [3.8, 4) is 5.88 Å². The van der Waals surface area contributed by atoms with Gasteiger partial charge in [0.25, 0.3) is 0 Å². The van der Waals surface area contributed by atoms with Gasteiger partial charge in [-0.15, -0.1) is 0 Å². The number of methoxy groups -OCH3 is 1. The fourth-order valence-corrected chi connectivity index (χ4v) is 3.59. The molecule has 1 unspecified atom stereocenters. The molecule has 1 fully saturated rings. The third-order valence-corrected chi connectivity index (χ3v) is 5.17. The molecule has 6 heteroatoms. The van der Waals surface area contributed by atoms with Crippen LogP contribution in [0.3, 0.4) is 0 Å². The summed E-state index contributed by atoms with van der Waals surface area (Å²) in [5.41, 5.74) is 0. The van der Waals surface area contributed by atoms with Gasteiger partial charge >= 0.3 is 0 Å². The van der Waals surface area contributed by atoms with Gasteiger partial charge in [0.15, 0.2) is 5.13 Å². The lowest BCUT2D eigenvalue weighted by molar-refractivity contribution is 0.170. The molecule has 5 nitrogen and oxygen atoms in total. The Morgan fingerprint density at radius 3 is 2.67 bits per heavy atom. The van der Waals surface area contributed by atoms with Crippen LogP contribution in [0.4, 0.5) is 5.13 Å². The number of ether oxygens (including phenoxy) is 1. The number of hydrogen-bond acceptors (Lipinski definition) is 6. The molecule has 1 saturated heterocycles. The van der Waals surface area contributed by atoms with Crippen LogP contribution in [0.25, 0.3) is 0 Å². The number of nitrogens with one attached hydrogen (secondary N) is 1. The van der Waals surface area contributed by atoms with Gasteiger partial charge in [0.1, 0.15) is 0 Å². The van der Waals surface area contributed by atoms with Crippen LogP contribution in [0.1, 0.15) is 31.1 Å². The van der Waals surface area contributed by atoms with E-state index >= 15 is 0 Å². The van der Waals surface area contributed by atoms with Crippen molar-refractivity contribution in [1.82, 2.24) is 15.2 Å². The second-order valence-corrected chi connectivity index (χ2v) is 6.96. The van der Waals surface area contributed by atoms with Crippen LogP contribution in [0.2, 0.25) is 0 Å². The van der Waals surface area contributed by atoms with Crippen LogP contribution in [0.15, 0.2) is 0 Å². The molecule has 1 aliphatic heterocycles. The summed E-state index contributed by atoms with van der Waals surface area (Å²) >= 11 is 1.69. The molecule has 1 atom stereocenters. The quantitative estimate of drug-likeness (QED) is 0.836. The first-order valence-electron chi connectivity index (χ1n) is 7.77. The van der Waals surface area contributed by atoms with Gasteiger partial charge in [0, 0.05) is 33.2 Å². The zero-order chi connectivity index (χ0) is 15.2. The van der Waals surface area contributed by atoms with E-state index in [9.17, 15) is 0 Å². The Morgan fingerprint density at radius 2 is 2.05 bits per heavy atom. The number of thiazole rings is 1. The molecule has 0 amide bonds. The summed E-state index contributed by atoms with van der Waals surface area (Å²) in [5, 5.41) is 4.55. The minimum absolute atomic E-state index is 0.595. The van der Waals surface area contributed by atoms with Crippen molar-refractivity contribution in [1.29, 1.82) is 0 Å². The number of likely N-dealkylation sites (tertiary alicyclic amines) is 1. The van der Waals surface area contributed by atoms with Crippen LogP contribution in [-0.4, -0.2) is 56.8 Å². The van der Waals surface area contributed by atoms with Gasteiger partial charge in [-0.25, -0.2) is 0 Å². The molecule has 0 aliphatic carbocycles. The largest absolute Gasteiger partial charge is 0.480 e. The second kappa shape index (κ2) is 7.96. The Kier molecular flexibility index (Phi) is 6.26. The molecular formula is C15H28N4OS. The topological polar surface area (TPSA) is 40.6 Å². The number of rotatable bonds is 7. The summed E-state index contributed by atoms with van der Waals surface area (Å²) in [6.45, 7) is 6.65. The summed E-state index contributed by atoms with van der Waals surface area (Å²) in [7, 11) is 5.70. The first-order valence-corrected chi connectivity index (χ1v) is 8.59. The maximum atomic E-state index is 5.37. The highest BCUT2D eigenvalue weighted by Crippen LogP contribution is 2.30. The molecule has 1 aliphatic rings. The van der Waals surface area contributed by atoms with E-state index in [-0.39, 0.29) is 0 Å². The number of nitrogens with zero attached hydrogens (tertiary/aromatic N) is 3. The van der Waals surface area contributed by atoms with Crippen LogP contribution in [0.5, 0.6) is 5.88 Å². The molecule has 1 aromatic rings. The minimum atomic E-state index is 0.595. The molecular weight excluding hydrogens is 284 g/mol. The van der Waals surface area contributed by atoms with Gasteiger partial charge in [-0.1, -0.05) is 17.8 Å². The average Bonchev–Trinajstić information content (AvgIpc) is 2.91. The average molecular weight is 312 g/mol. The van der Waals surface area contributed by atoms with Crippen molar-refractivity contribution in [2.45, 2.75) is 38.8 Å². The monoisotopic (exact) mass is 312 g/mol. The standard InChI is InChI=1S/C15H28N4OS/c1-12(19-8-6-5-7-9-19)10-16-11-13-14(20-4)17-15(21-13)18(2)3/h12,16H,5-11H2,1-4H3. The lowest BCUT2D eigenvalue weighted by Crippen LogP contribution is -2.42. The van der Waals surface area contributed by atoms with Crippen LogP contribution in [-0.2, 0) is 6.54 Å². The molecule has 0 radical (unpaired) electrons. The van der Waals surface area contributed by atoms with Gasteiger partial charge in [-0.2, -0.15) is 4.98 Å². The van der Waals surface area contributed by atoms with Crippen molar-refractivity contribution < 1.29 is 4.74 Å². The van der Waals surface area contributed by atoms with E-state index in [4.69, 9.17) is 4.74 Å². The van der Waals surface area contributed by atoms with Crippen molar-refractivity contribution in [2.24, 2.45) is 0 Å². The van der Waals surface area contributed by atoms with E-state index < -0.39 is 0 Å². The van der Waals surface area contributed by atoms with E-state index in [1.54, 1.807) is 18.4 Å². The SMILES string of the molecule is COc1nc(N(C)C)sc1CNCC(C)N1CCCCC1. The summed E-state index contributed by atoms with van der Waals surface area (Å²) < 4.78 is 5.37. The summed E-state index contributed by atoms with van der Waals surface area (Å²) in [5.74, 6) is 0.752. The Labute approximate surface area is 132 Å². The third-order valence-electron chi connectivity index (χ3n) is 3.97. The molecule has 0 saturated carbocycles. The van der Waals surface area contributed by atoms with E-state index in [1.807, 2.05) is 19.0 Å². The first kappa shape index (κ1) is 16.5. The number of piperidine rings is 1. The smallest absolute Gasteiger partial charge is 0.230 e. The van der Waals surface area contributed by atoms with Crippen molar-refractivity contribution >= 4 is 16.5 Å². The van der Waals surface area contributed by atoms with Gasteiger partial charge in [0.05, 0.1) is 12.0 Å². The van der Waals surface area contributed by atoms with Gasteiger partial charge in [0.2, 0.25) is 5.88 Å². The molecule has 2 rings (SSSR count). The minimum Gasteiger partial charge on any atom is -0.480 e. The predicted molar refractivity (Wildman–Crippen MR) is 89.6 cm³/mol. The summed E-state index contributed by atoms with van der Waals surface area (Å²) in [4.78, 5) is 10.3. The van der Waals surface area contributed by atoms with Gasteiger partial charge in [-0.3, -0.25) is 4.90 Å². The number of anilines is 1. The first-order chi connectivity index (χ1) is 10.1. The normalized spacial score (nSPS) is 17.7. The van der Waals surface area contributed by atoms with E-state index in [0.717, 1.165) is 24.1 Å². The highest BCUT2D eigenvalue weighted by molar-refractivity contribution is 7.15. The van der Waals surface area contributed by atoms with Crippen molar-refractivity contribution in [3.05, 3.63) is 4.88 Å². The van der Waals surface area contributed by atoms with E-state index in [2.05, 4.69) is 22.1 Å². The molecule has 1 N–H and O–H groups in total. The molecule has 0 spiro atoms. The van der Waals surface area contributed by atoms with Crippen LogP contribution < -0.4 is 15.0 Å². The fourth-order valence-electron chi connectivity index (χ4n) is 2.67. The Morgan fingerprint density at radius 1 is 1.33 bits per heavy atom. The zero-order valence-electron chi connectivity index (χ0n) is 13.7. The Hall–Kier alpha value is -0.850. The molecule has 120 valence electrons. The lowest BCUT2D eigenvalue weighted by atomic mass is 10.1. The van der Waals surface area contributed by atoms with Gasteiger partial charge < -0.3 is 15.0 Å². The Balaban J connectivity index is 1.82. The van der Waals surface area contributed by atoms with Crippen molar-refractivity contribution in [3.63, 3.8) is 0 Å². The molecule has 2 heterocycles. The molecule has 0 aromatic carbocycles. The maximum absolute atomic E-state index is 5.37. The van der Waals surface area contributed by atoms with Crippen LogP contribution >= 0.6 is 11.3 Å². The molecule has 21 heavy (non-hydrogen) atoms. The predicted octanol–water partition coefficient (Wildman–Crippen LogP) is 2.18. The van der Waals surface area contributed by atoms with Crippen molar-refractivity contribution in [2.75, 3.05) is 45.7 Å². The van der Waals surface area contributed by atoms with Gasteiger partial charge in [-0.05, 0) is 32.9 Å². The molecule has 0 bridgehead atoms. The fraction of sp³-hybridized carbons (Fsp3) is 0.800. The summed E-state index contributed by atoms with van der Waals surface area (Å²) in [6, 6.07) is 0.595. The maximum Gasteiger partial charge on any atom is 0.230 e. The van der Waals surface area contributed by atoms with E-state index in [0.29, 0.717) is 6.04 Å². The van der Waals surface area contributed by atoms with Crippen LogP contribution in [0, 0.1) is 0 Å². The summed E-state index contributed by atoms with van der Waals surface area (Å²) in [6.07, 6.45) is 4.08. The van der Waals surface area contributed by atoms with E-state index in [1.165, 1.54) is 37.2 Å². The highest BCUT2D eigenvalue weighted by Gasteiger charge is 2.17. The molecule has 1 aromatic heterocycles. The number of aromatic nitrogens is 1. The lowest BCUT2D eigenvalue weighted by Gasteiger charge is -2.32. The number of hydrogen-bond donors (Lipinski definition) is 1. The highest BCUT2D eigenvalue weighted by atomic mass is 32.1. The zero-order valence-corrected chi connectivity index (χ0v) is 14.5. The second-order valence-electron chi connectivity index (χ2n) is 5.90. The Bertz CT molecular complexity index is 429.